The smallest absolute Gasteiger partial charge is 0.245 e. The standard InChI is InChI=1S/C17H19N3O/c1-2-20(12-13-7-9-18-10-8-13)17(21)16-11-14-5-3-4-6-15(14)19-16/h3-10,16,19H,2,11-12H2,1H3. The van der Waals surface area contributed by atoms with Crippen LogP contribution in [0.4, 0.5) is 5.69 Å². The van der Waals surface area contributed by atoms with E-state index in [9.17, 15) is 4.79 Å². The molecule has 108 valence electrons. The summed E-state index contributed by atoms with van der Waals surface area (Å²) < 4.78 is 0. The molecule has 1 unspecified atom stereocenters. The Morgan fingerprint density at radius 2 is 2.05 bits per heavy atom. The highest BCUT2D eigenvalue weighted by molar-refractivity contribution is 5.87. The predicted molar refractivity (Wildman–Crippen MR) is 82.9 cm³/mol. The summed E-state index contributed by atoms with van der Waals surface area (Å²) in [7, 11) is 0. The lowest BCUT2D eigenvalue weighted by molar-refractivity contribution is -0.132. The van der Waals surface area contributed by atoms with E-state index in [-0.39, 0.29) is 11.9 Å². The molecule has 0 saturated heterocycles. The van der Waals surface area contributed by atoms with Crippen LogP contribution >= 0.6 is 0 Å². The molecule has 1 atom stereocenters. The van der Waals surface area contributed by atoms with Gasteiger partial charge in [0.05, 0.1) is 0 Å². The molecule has 21 heavy (non-hydrogen) atoms. The highest BCUT2D eigenvalue weighted by Crippen LogP contribution is 2.26. The first-order valence-corrected chi connectivity index (χ1v) is 7.30. The van der Waals surface area contributed by atoms with Gasteiger partial charge in [-0.25, -0.2) is 0 Å². The molecule has 3 rings (SSSR count). The summed E-state index contributed by atoms with van der Waals surface area (Å²) in [5.74, 6) is 0.158. The van der Waals surface area contributed by atoms with Crippen molar-refractivity contribution < 1.29 is 4.79 Å². The van der Waals surface area contributed by atoms with E-state index in [2.05, 4.69) is 16.4 Å². The molecule has 2 aromatic rings. The van der Waals surface area contributed by atoms with E-state index in [1.54, 1.807) is 12.4 Å². The molecule has 2 heterocycles. The van der Waals surface area contributed by atoms with Crippen LogP contribution in [0, 0.1) is 0 Å². The van der Waals surface area contributed by atoms with Gasteiger partial charge in [-0.3, -0.25) is 9.78 Å². The summed E-state index contributed by atoms with van der Waals surface area (Å²) in [6.07, 6.45) is 4.29. The molecule has 1 aliphatic heterocycles. The Labute approximate surface area is 124 Å². The number of para-hydroxylation sites is 1. The van der Waals surface area contributed by atoms with Crippen LogP contribution in [0.1, 0.15) is 18.1 Å². The van der Waals surface area contributed by atoms with Crippen molar-refractivity contribution in [1.82, 2.24) is 9.88 Å². The van der Waals surface area contributed by atoms with Gasteiger partial charge in [-0.15, -0.1) is 0 Å². The van der Waals surface area contributed by atoms with Crippen molar-refractivity contribution in [3.8, 4) is 0 Å². The number of carbonyl (C=O) groups is 1. The highest BCUT2D eigenvalue weighted by atomic mass is 16.2. The second kappa shape index (κ2) is 5.95. The number of hydrogen-bond donors (Lipinski definition) is 1. The van der Waals surface area contributed by atoms with Gasteiger partial charge in [0.15, 0.2) is 0 Å². The van der Waals surface area contributed by atoms with E-state index in [4.69, 9.17) is 0 Å². The Morgan fingerprint density at radius 3 is 2.76 bits per heavy atom. The number of benzene rings is 1. The number of nitrogens with zero attached hydrogens (tertiary/aromatic N) is 2. The normalized spacial score (nSPS) is 16.1. The number of rotatable bonds is 4. The molecular formula is C17H19N3O. The molecule has 1 aromatic carbocycles. The van der Waals surface area contributed by atoms with Crippen molar-refractivity contribution in [3.05, 3.63) is 59.9 Å². The summed E-state index contributed by atoms with van der Waals surface area (Å²) in [5, 5.41) is 3.33. The average molecular weight is 281 g/mol. The molecule has 1 amide bonds. The molecular weight excluding hydrogens is 262 g/mol. The maximum absolute atomic E-state index is 12.7. The van der Waals surface area contributed by atoms with Gasteiger partial charge in [0, 0.05) is 37.6 Å². The molecule has 0 bridgehead atoms. The number of amides is 1. The lowest BCUT2D eigenvalue weighted by Gasteiger charge is -2.24. The van der Waals surface area contributed by atoms with Gasteiger partial charge in [-0.1, -0.05) is 18.2 Å². The van der Waals surface area contributed by atoms with Crippen LogP contribution in [0.5, 0.6) is 0 Å². The van der Waals surface area contributed by atoms with Gasteiger partial charge in [0.1, 0.15) is 6.04 Å². The van der Waals surface area contributed by atoms with Crippen LogP contribution in [0.2, 0.25) is 0 Å². The summed E-state index contributed by atoms with van der Waals surface area (Å²) in [6, 6.07) is 11.9. The fraction of sp³-hybridized carbons (Fsp3) is 0.294. The third-order valence-electron chi connectivity index (χ3n) is 3.89. The van der Waals surface area contributed by atoms with Crippen molar-refractivity contribution in [2.45, 2.75) is 25.9 Å². The van der Waals surface area contributed by atoms with Crippen LogP contribution in [-0.2, 0) is 17.8 Å². The molecule has 4 nitrogen and oxygen atoms in total. The van der Waals surface area contributed by atoms with Crippen LogP contribution in [0.3, 0.4) is 0 Å². The maximum atomic E-state index is 12.7. The van der Waals surface area contributed by atoms with Gasteiger partial charge in [0.25, 0.3) is 0 Å². The lowest BCUT2D eigenvalue weighted by atomic mass is 10.1. The second-order valence-corrected chi connectivity index (χ2v) is 5.27. The molecule has 0 spiro atoms. The number of aromatic nitrogens is 1. The van der Waals surface area contributed by atoms with Crippen molar-refractivity contribution >= 4 is 11.6 Å². The number of hydrogen-bond acceptors (Lipinski definition) is 3. The van der Waals surface area contributed by atoms with Crippen LogP contribution < -0.4 is 5.32 Å². The minimum atomic E-state index is -0.149. The lowest BCUT2D eigenvalue weighted by Crippen LogP contribution is -2.41. The molecule has 1 aliphatic rings. The second-order valence-electron chi connectivity index (χ2n) is 5.27. The van der Waals surface area contributed by atoms with Crippen molar-refractivity contribution in [1.29, 1.82) is 0 Å². The summed E-state index contributed by atoms with van der Waals surface area (Å²) in [4.78, 5) is 18.6. The fourth-order valence-electron chi connectivity index (χ4n) is 2.72. The molecule has 1 aromatic heterocycles. The van der Waals surface area contributed by atoms with E-state index in [1.165, 1.54) is 5.56 Å². The minimum absolute atomic E-state index is 0.149. The monoisotopic (exact) mass is 281 g/mol. The first-order chi connectivity index (χ1) is 10.3. The Morgan fingerprint density at radius 1 is 1.29 bits per heavy atom. The Balaban J connectivity index is 1.70. The SMILES string of the molecule is CCN(Cc1ccncc1)C(=O)C1Cc2ccccc2N1. The first-order valence-electron chi connectivity index (χ1n) is 7.30. The van der Waals surface area contributed by atoms with E-state index >= 15 is 0 Å². The molecule has 0 radical (unpaired) electrons. The maximum Gasteiger partial charge on any atom is 0.245 e. The molecule has 1 N–H and O–H groups in total. The van der Waals surface area contributed by atoms with Gasteiger partial charge in [0.2, 0.25) is 5.91 Å². The van der Waals surface area contributed by atoms with Crippen LogP contribution in [0.15, 0.2) is 48.8 Å². The summed E-state index contributed by atoms with van der Waals surface area (Å²) >= 11 is 0. The first kappa shape index (κ1) is 13.6. The van der Waals surface area contributed by atoms with Crippen molar-refractivity contribution in [2.75, 3.05) is 11.9 Å². The van der Waals surface area contributed by atoms with Gasteiger partial charge < -0.3 is 10.2 Å². The van der Waals surface area contributed by atoms with Crippen molar-refractivity contribution in [3.63, 3.8) is 0 Å². The van der Waals surface area contributed by atoms with Gasteiger partial charge in [-0.2, -0.15) is 0 Å². The molecule has 0 saturated carbocycles. The Hall–Kier alpha value is -2.36. The third-order valence-corrected chi connectivity index (χ3v) is 3.89. The third kappa shape index (κ3) is 2.89. The zero-order chi connectivity index (χ0) is 14.7. The summed E-state index contributed by atoms with van der Waals surface area (Å²) in [5.41, 5.74) is 3.40. The number of pyridine rings is 1. The quantitative estimate of drug-likeness (QED) is 0.936. The number of likely N-dealkylation sites (N-methyl/N-ethyl adjacent to an activating group) is 1. The van der Waals surface area contributed by atoms with Crippen LogP contribution in [-0.4, -0.2) is 28.4 Å². The van der Waals surface area contributed by atoms with Crippen molar-refractivity contribution in [2.24, 2.45) is 0 Å². The highest BCUT2D eigenvalue weighted by Gasteiger charge is 2.29. The minimum Gasteiger partial charge on any atom is -0.373 e. The Bertz CT molecular complexity index is 602. The zero-order valence-electron chi connectivity index (χ0n) is 12.1. The van der Waals surface area contributed by atoms with E-state index < -0.39 is 0 Å². The fourth-order valence-corrected chi connectivity index (χ4v) is 2.72. The van der Waals surface area contributed by atoms with Crippen LogP contribution in [0.25, 0.3) is 0 Å². The number of nitrogens with one attached hydrogen (secondary N) is 1. The number of fused-ring (bicyclic) bond motifs is 1. The summed E-state index contributed by atoms with van der Waals surface area (Å²) in [6.45, 7) is 3.35. The largest absolute Gasteiger partial charge is 0.373 e. The molecule has 4 heteroatoms. The zero-order valence-corrected chi connectivity index (χ0v) is 12.1. The topological polar surface area (TPSA) is 45.2 Å². The van der Waals surface area contributed by atoms with E-state index in [0.717, 1.165) is 17.7 Å². The average Bonchev–Trinajstić information content (AvgIpc) is 2.97. The van der Waals surface area contributed by atoms with Gasteiger partial charge >= 0.3 is 0 Å². The number of carbonyl (C=O) groups excluding carboxylic acids is 1. The molecule has 0 aliphatic carbocycles. The van der Waals surface area contributed by atoms with Gasteiger partial charge in [-0.05, 0) is 36.2 Å². The van der Waals surface area contributed by atoms with E-state index in [1.807, 2.05) is 42.2 Å². The van der Waals surface area contributed by atoms with E-state index in [0.29, 0.717) is 13.1 Å². The number of anilines is 1. The molecule has 0 fully saturated rings. The Kier molecular flexibility index (Phi) is 3.86. The predicted octanol–water partition coefficient (Wildman–Crippen LogP) is 2.47.